The van der Waals surface area contributed by atoms with Gasteiger partial charge in [0.2, 0.25) is 10.0 Å². The highest BCUT2D eigenvalue weighted by molar-refractivity contribution is 9.13. The van der Waals surface area contributed by atoms with Crippen molar-refractivity contribution < 1.29 is 13.5 Å². The topological polar surface area (TPSA) is 66.4 Å². The van der Waals surface area contributed by atoms with Gasteiger partial charge < -0.3 is 5.11 Å². The molecule has 2 N–H and O–H groups in total. The fourth-order valence-corrected chi connectivity index (χ4v) is 3.62. The Morgan fingerprint density at radius 2 is 1.84 bits per heavy atom. The lowest BCUT2D eigenvalue weighted by Gasteiger charge is -2.29. The van der Waals surface area contributed by atoms with Crippen LogP contribution in [0.5, 0.6) is 0 Å². The number of aliphatic hydroxyl groups excluding tert-OH is 1. The van der Waals surface area contributed by atoms with Crippen LogP contribution in [0.15, 0.2) is 32.0 Å². The highest BCUT2D eigenvalue weighted by Crippen LogP contribution is 2.27. The molecule has 0 aliphatic rings. The fourth-order valence-electron chi connectivity index (χ4n) is 1.39. The first-order valence-electron chi connectivity index (χ1n) is 5.66. The van der Waals surface area contributed by atoms with Crippen LogP contribution in [0.3, 0.4) is 0 Å². The van der Waals surface area contributed by atoms with Gasteiger partial charge in [0, 0.05) is 15.0 Å². The smallest absolute Gasteiger partial charge is 0.240 e. The van der Waals surface area contributed by atoms with Crippen LogP contribution in [0.1, 0.15) is 20.8 Å². The van der Waals surface area contributed by atoms with Crippen LogP contribution < -0.4 is 4.72 Å². The van der Waals surface area contributed by atoms with E-state index in [4.69, 9.17) is 0 Å². The number of hydrogen-bond donors (Lipinski definition) is 2. The first-order valence-corrected chi connectivity index (χ1v) is 8.73. The number of halogens is 2. The van der Waals surface area contributed by atoms with E-state index in [9.17, 15) is 13.5 Å². The van der Waals surface area contributed by atoms with Gasteiger partial charge in [0.1, 0.15) is 0 Å². The number of hydrogen-bond acceptors (Lipinski definition) is 3. The Labute approximate surface area is 130 Å². The molecular formula is C12H17Br2NO3S. The van der Waals surface area contributed by atoms with E-state index in [1.165, 1.54) is 12.1 Å². The zero-order valence-electron chi connectivity index (χ0n) is 10.9. The quantitative estimate of drug-likeness (QED) is 0.795. The molecule has 108 valence electrons. The van der Waals surface area contributed by atoms with E-state index in [1.807, 2.05) is 20.8 Å². The van der Waals surface area contributed by atoms with Crippen LogP contribution in [-0.4, -0.2) is 26.2 Å². The summed E-state index contributed by atoms with van der Waals surface area (Å²) < 4.78 is 28.5. The van der Waals surface area contributed by atoms with Gasteiger partial charge in [-0.2, -0.15) is 0 Å². The number of aliphatic hydroxyl groups is 1. The van der Waals surface area contributed by atoms with Gasteiger partial charge in [0.25, 0.3) is 0 Å². The lowest BCUT2D eigenvalue weighted by molar-refractivity contribution is 0.177. The highest BCUT2D eigenvalue weighted by Gasteiger charge is 2.29. The fraction of sp³-hybridized carbons (Fsp3) is 0.500. The van der Waals surface area contributed by atoms with Gasteiger partial charge >= 0.3 is 0 Å². The van der Waals surface area contributed by atoms with Crippen molar-refractivity contribution in [3.63, 3.8) is 0 Å². The summed E-state index contributed by atoms with van der Waals surface area (Å²) in [4.78, 5) is 0.158. The molecule has 1 unspecified atom stereocenters. The van der Waals surface area contributed by atoms with Gasteiger partial charge in [0.15, 0.2) is 0 Å². The second-order valence-corrected chi connectivity index (χ2v) is 8.72. The van der Waals surface area contributed by atoms with Crippen molar-refractivity contribution in [1.29, 1.82) is 0 Å². The predicted molar refractivity (Wildman–Crippen MR) is 82.5 cm³/mol. The standard InChI is InChI=1S/C12H17Br2NO3S/c1-12(2,3)11(7-16)15-19(17,18)8-4-5-9(13)10(14)6-8/h4-6,11,15-16H,7H2,1-3H3. The number of nitrogens with one attached hydrogen (secondary N) is 1. The molecule has 0 aliphatic carbocycles. The summed E-state index contributed by atoms with van der Waals surface area (Å²) in [5, 5.41) is 9.33. The average Bonchev–Trinajstić information content (AvgIpc) is 2.28. The van der Waals surface area contributed by atoms with E-state index in [0.29, 0.717) is 4.47 Å². The highest BCUT2D eigenvalue weighted by atomic mass is 79.9. The summed E-state index contributed by atoms with van der Waals surface area (Å²) in [5.41, 5.74) is -0.367. The lowest BCUT2D eigenvalue weighted by atomic mass is 9.88. The van der Waals surface area contributed by atoms with Crippen LogP contribution in [0.25, 0.3) is 0 Å². The second kappa shape index (κ2) is 6.22. The van der Waals surface area contributed by atoms with Crippen molar-refractivity contribution in [1.82, 2.24) is 4.72 Å². The van der Waals surface area contributed by atoms with Gasteiger partial charge in [0.05, 0.1) is 11.5 Å². The third kappa shape index (κ3) is 4.53. The van der Waals surface area contributed by atoms with Crippen molar-refractivity contribution in [2.75, 3.05) is 6.61 Å². The van der Waals surface area contributed by atoms with Crippen LogP contribution >= 0.6 is 31.9 Å². The molecule has 0 saturated carbocycles. The molecule has 19 heavy (non-hydrogen) atoms. The number of benzene rings is 1. The van der Waals surface area contributed by atoms with Crippen molar-refractivity contribution in [3.8, 4) is 0 Å². The van der Waals surface area contributed by atoms with Crippen LogP contribution in [0.2, 0.25) is 0 Å². The first kappa shape index (κ1) is 17.1. The second-order valence-electron chi connectivity index (χ2n) is 5.30. The third-order valence-electron chi connectivity index (χ3n) is 2.73. The summed E-state index contributed by atoms with van der Waals surface area (Å²) in [5.74, 6) is 0. The molecule has 1 aromatic carbocycles. The van der Waals surface area contributed by atoms with E-state index in [-0.39, 0.29) is 16.9 Å². The lowest BCUT2D eigenvalue weighted by Crippen LogP contribution is -2.46. The molecule has 0 saturated heterocycles. The van der Waals surface area contributed by atoms with Gasteiger partial charge in [-0.3, -0.25) is 0 Å². The first-order chi connectivity index (χ1) is 8.58. The minimum absolute atomic E-state index is 0.158. The molecule has 0 spiro atoms. The van der Waals surface area contributed by atoms with E-state index in [1.54, 1.807) is 6.07 Å². The number of rotatable bonds is 4. The molecule has 7 heteroatoms. The molecule has 0 amide bonds. The Kier molecular flexibility index (Phi) is 5.60. The van der Waals surface area contributed by atoms with E-state index in [0.717, 1.165) is 4.47 Å². The minimum atomic E-state index is -3.65. The van der Waals surface area contributed by atoms with E-state index in [2.05, 4.69) is 36.6 Å². The average molecular weight is 415 g/mol. The summed E-state index contributed by atoms with van der Waals surface area (Å²) in [6, 6.07) is 4.14. The maximum absolute atomic E-state index is 12.3. The van der Waals surface area contributed by atoms with Gasteiger partial charge in [-0.05, 0) is 55.5 Å². The van der Waals surface area contributed by atoms with Gasteiger partial charge in [-0.25, -0.2) is 13.1 Å². The molecule has 1 aromatic rings. The van der Waals surface area contributed by atoms with Crippen LogP contribution in [-0.2, 0) is 10.0 Å². The molecule has 0 fully saturated rings. The zero-order valence-corrected chi connectivity index (χ0v) is 14.9. The maximum Gasteiger partial charge on any atom is 0.240 e. The van der Waals surface area contributed by atoms with Crippen molar-refractivity contribution in [3.05, 3.63) is 27.1 Å². The Morgan fingerprint density at radius 3 is 2.26 bits per heavy atom. The van der Waals surface area contributed by atoms with Crippen molar-refractivity contribution in [2.24, 2.45) is 5.41 Å². The molecule has 1 rings (SSSR count). The predicted octanol–water partition coefficient (Wildman–Crippen LogP) is 2.90. The normalized spacial score (nSPS) is 14.4. The Morgan fingerprint density at radius 1 is 1.26 bits per heavy atom. The molecule has 0 heterocycles. The third-order valence-corrected chi connectivity index (χ3v) is 6.08. The van der Waals surface area contributed by atoms with Crippen molar-refractivity contribution in [2.45, 2.75) is 31.7 Å². The summed E-state index contributed by atoms with van der Waals surface area (Å²) in [7, 11) is -3.65. The summed E-state index contributed by atoms with van der Waals surface area (Å²) >= 11 is 6.56. The monoisotopic (exact) mass is 413 g/mol. The minimum Gasteiger partial charge on any atom is -0.395 e. The molecule has 0 aromatic heterocycles. The van der Waals surface area contributed by atoms with Gasteiger partial charge in [-0.1, -0.05) is 20.8 Å². The summed E-state index contributed by atoms with van der Waals surface area (Å²) in [6.07, 6.45) is 0. The molecule has 1 atom stereocenters. The Hall–Kier alpha value is 0.0500. The molecule has 4 nitrogen and oxygen atoms in total. The Bertz CT molecular complexity index is 553. The number of sulfonamides is 1. The maximum atomic E-state index is 12.3. The molecular weight excluding hydrogens is 398 g/mol. The summed E-state index contributed by atoms with van der Waals surface area (Å²) in [6.45, 7) is 5.36. The largest absolute Gasteiger partial charge is 0.395 e. The SMILES string of the molecule is CC(C)(C)C(CO)NS(=O)(=O)c1ccc(Br)c(Br)c1. The van der Waals surface area contributed by atoms with Crippen LogP contribution in [0, 0.1) is 5.41 Å². The van der Waals surface area contributed by atoms with Crippen LogP contribution in [0.4, 0.5) is 0 Å². The molecule has 0 bridgehead atoms. The van der Waals surface area contributed by atoms with E-state index < -0.39 is 16.1 Å². The van der Waals surface area contributed by atoms with Crippen molar-refractivity contribution >= 4 is 41.9 Å². The zero-order chi connectivity index (χ0) is 14.8. The molecule has 0 radical (unpaired) electrons. The Balaban J connectivity index is 3.07. The van der Waals surface area contributed by atoms with E-state index >= 15 is 0 Å². The van der Waals surface area contributed by atoms with Gasteiger partial charge in [-0.15, -0.1) is 0 Å². The molecule has 0 aliphatic heterocycles.